The second kappa shape index (κ2) is 5.58. The number of nitrogens with zero attached hydrogens (tertiary/aromatic N) is 4. The van der Waals surface area contributed by atoms with Crippen LogP contribution in [0.15, 0.2) is 48.8 Å². The summed E-state index contributed by atoms with van der Waals surface area (Å²) in [5.74, 6) is 0.277. The van der Waals surface area contributed by atoms with E-state index in [1.165, 1.54) is 0 Å². The van der Waals surface area contributed by atoms with E-state index in [0.717, 1.165) is 5.69 Å². The van der Waals surface area contributed by atoms with E-state index in [1.807, 2.05) is 41.2 Å². The van der Waals surface area contributed by atoms with Crippen molar-refractivity contribution in [3.05, 3.63) is 60.2 Å². The van der Waals surface area contributed by atoms with Gasteiger partial charge in [0.2, 0.25) is 0 Å². The molecule has 3 aromatic rings. The van der Waals surface area contributed by atoms with Crippen molar-refractivity contribution < 1.29 is 4.79 Å². The van der Waals surface area contributed by atoms with Crippen LogP contribution in [0.25, 0.3) is 5.69 Å². The number of hydrogen-bond acceptors (Lipinski definition) is 4. The molecule has 0 fully saturated rings. The molecule has 0 saturated carbocycles. The Bertz CT molecular complexity index is 703. The summed E-state index contributed by atoms with van der Waals surface area (Å²) in [5.41, 5.74) is 1.59. The van der Waals surface area contributed by atoms with Gasteiger partial charge >= 0.3 is 0 Å². The van der Waals surface area contributed by atoms with Crippen LogP contribution in [0.5, 0.6) is 0 Å². The largest absolute Gasteiger partial charge is 0.342 e. The smallest absolute Gasteiger partial charge is 0.251 e. The van der Waals surface area contributed by atoms with Crippen LogP contribution in [0.4, 0.5) is 0 Å². The highest BCUT2D eigenvalue weighted by molar-refractivity contribution is 5.94. The van der Waals surface area contributed by atoms with Gasteiger partial charge in [0.25, 0.3) is 5.91 Å². The molecule has 0 radical (unpaired) electrons. The Morgan fingerprint density at radius 1 is 1.24 bits per heavy atom. The molecule has 7 heteroatoms. The van der Waals surface area contributed by atoms with Crippen LogP contribution >= 0.6 is 0 Å². The third-order valence-corrected chi connectivity index (χ3v) is 3.13. The van der Waals surface area contributed by atoms with Crippen LogP contribution < -0.4 is 5.32 Å². The summed E-state index contributed by atoms with van der Waals surface area (Å²) >= 11 is 0. The molecule has 0 aliphatic carbocycles. The number of carbonyl (C=O) groups is 1. The molecule has 0 saturated heterocycles. The molecule has 106 valence electrons. The fraction of sp³-hybridized carbons (Fsp3) is 0.143. The first-order chi connectivity index (χ1) is 10.2. The number of nitrogens with one attached hydrogen (secondary N) is 2. The van der Waals surface area contributed by atoms with Gasteiger partial charge in [0.15, 0.2) is 5.82 Å². The monoisotopic (exact) mass is 282 g/mol. The molecular formula is C14H14N6O. The Morgan fingerprint density at radius 2 is 1.95 bits per heavy atom. The van der Waals surface area contributed by atoms with E-state index in [2.05, 4.69) is 25.9 Å². The van der Waals surface area contributed by atoms with Crippen molar-refractivity contribution in [1.29, 1.82) is 0 Å². The Labute approximate surface area is 121 Å². The number of rotatable bonds is 4. The standard InChI is InChI=1S/C14H14N6O/c1-10(13-16-18-19-17-13)15-14(21)11-4-6-12(7-5-11)20-8-2-3-9-20/h2-10H,1H3,(H,15,21)(H,16,17,18,19). The summed E-state index contributed by atoms with van der Waals surface area (Å²) in [7, 11) is 0. The maximum absolute atomic E-state index is 12.1. The fourth-order valence-corrected chi connectivity index (χ4v) is 1.99. The van der Waals surface area contributed by atoms with E-state index in [-0.39, 0.29) is 11.9 Å². The number of amides is 1. The van der Waals surface area contributed by atoms with E-state index in [1.54, 1.807) is 19.1 Å². The van der Waals surface area contributed by atoms with Gasteiger partial charge in [-0.2, -0.15) is 5.21 Å². The quantitative estimate of drug-likeness (QED) is 0.758. The summed E-state index contributed by atoms with van der Waals surface area (Å²) in [6.45, 7) is 1.80. The molecule has 0 spiro atoms. The van der Waals surface area contributed by atoms with Gasteiger partial charge in [-0.1, -0.05) is 5.21 Å². The molecule has 1 aromatic carbocycles. The predicted octanol–water partition coefficient (Wildman–Crippen LogP) is 1.48. The first-order valence-electron chi connectivity index (χ1n) is 6.51. The van der Waals surface area contributed by atoms with Gasteiger partial charge in [-0.25, -0.2) is 0 Å². The number of hydrogen-bond donors (Lipinski definition) is 2. The molecule has 2 N–H and O–H groups in total. The lowest BCUT2D eigenvalue weighted by atomic mass is 10.2. The molecule has 0 aliphatic rings. The molecular weight excluding hydrogens is 268 g/mol. The zero-order valence-corrected chi connectivity index (χ0v) is 11.4. The topological polar surface area (TPSA) is 88.5 Å². The normalized spacial score (nSPS) is 12.0. The molecule has 2 heterocycles. The van der Waals surface area contributed by atoms with Crippen molar-refractivity contribution in [2.24, 2.45) is 0 Å². The molecule has 7 nitrogen and oxygen atoms in total. The van der Waals surface area contributed by atoms with Crippen molar-refractivity contribution in [2.75, 3.05) is 0 Å². The molecule has 1 atom stereocenters. The Kier molecular flexibility index (Phi) is 3.46. The molecule has 3 rings (SSSR count). The summed E-state index contributed by atoms with van der Waals surface area (Å²) in [6, 6.07) is 11.0. The van der Waals surface area contributed by atoms with E-state index < -0.39 is 0 Å². The van der Waals surface area contributed by atoms with Gasteiger partial charge in [0.1, 0.15) is 0 Å². The number of benzene rings is 1. The zero-order chi connectivity index (χ0) is 14.7. The Balaban J connectivity index is 1.70. The zero-order valence-electron chi connectivity index (χ0n) is 11.4. The molecule has 2 aromatic heterocycles. The second-order valence-electron chi connectivity index (χ2n) is 4.60. The number of H-pyrrole nitrogens is 1. The van der Waals surface area contributed by atoms with Crippen molar-refractivity contribution in [3.8, 4) is 5.69 Å². The van der Waals surface area contributed by atoms with Gasteiger partial charge in [-0.3, -0.25) is 4.79 Å². The minimum absolute atomic E-state index is 0.175. The number of aromatic amines is 1. The van der Waals surface area contributed by atoms with Gasteiger partial charge in [-0.15, -0.1) is 10.2 Å². The number of carbonyl (C=O) groups excluding carboxylic acids is 1. The van der Waals surface area contributed by atoms with Gasteiger partial charge < -0.3 is 9.88 Å². The lowest BCUT2D eigenvalue weighted by molar-refractivity contribution is 0.0938. The van der Waals surface area contributed by atoms with Crippen molar-refractivity contribution in [3.63, 3.8) is 0 Å². The summed E-state index contributed by atoms with van der Waals surface area (Å²) in [4.78, 5) is 12.1. The third-order valence-electron chi connectivity index (χ3n) is 3.13. The highest BCUT2D eigenvalue weighted by atomic mass is 16.1. The van der Waals surface area contributed by atoms with Crippen LogP contribution in [0.1, 0.15) is 29.1 Å². The first-order valence-corrected chi connectivity index (χ1v) is 6.51. The van der Waals surface area contributed by atoms with Crippen molar-refractivity contribution in [1.82, 2.24) is 30.5 Å². The lowest BCUT2D eigenvalue weighted by Crippen LogP contribution is -2.27. The minimum atomic E-state index is -0.305. The van der Waals surface area contributed by atoms with Crippen LogP contribution in [0.2, 0.25) is 0 Å². The highest BCUT2D eigenvalue weighted by Gasteiger charge is 2.14. The number of aromatic nitrogens is 5. The maximum atomic E-state index is 12.1. The van der Waals surface area contributed by atoms with E-state index >= 15 is 0 Å². The molecule has 1 amide bonds. The fourth-order valence-electron chi connectivity index (χ4n) is 1.99. The first kappa shape index (κ1) is 13.0. The molecule has 0 bridgehead atoms. The maximum Gasteiger partial charge on any atom is 0.251 e. The summed E-state index contributed by atoms with van der Waals surface area (Å²) in [6.07, 6.45) is 3.90. The van der Waals surface area contributed by atoms with Gasteiger partial charge in [0.05, 0.1) is 6.04 Å². The highest BCUT2D eigenvalue weighted by Crippen LogP contribution is 2.11. The average Bonchev–Trinajstić information content (AvgIpc) is 3.20. The van der Waals surface area contributed by atoms with Crippen molar-refractivity contribution >= 4 is 5.91 Å². The molecule has 21 heavy (non-hydrogen) atoms. The minimum Gasteiger partial charge on any atom is -0.342 e. The van der Waals surface area contributed by atoms with Gasteiger partial charge in [0, 0.05) is 23.6 Å². The van der Waals surface area contributed by atoms with E-state index in [0.29, 0.717) is 11.4 Å². The van der Waals surface area contributed by atoms with E-state index in [9.17, 15) is 4.79 Å². The summed E-state index contributed by atoms with van der Waals surface area (Å²) in [5, 5.41) is 16.3. The number of tetrazole rings is 1. The van der Waals surface area contributed by atoms with E-state index in [4.69, 9.17) is 0 Å². The van der Waals surface area contributed by atoms with Crippen LogP contribution in [0.3, 0.4) is 0 Å². The Morgan fingerprint density at radius 3 is 2.57 bits per heavy atom. The third kappa shape index (κ3) is 2.81. The van der Waals surface area contributed by atoms with Crippen LogP contribution in [-0.2, 0) is 0 Å². The Hall–Kier alpha value is -2.96. The van der Waals surface area contributed by atoms with Crippen LogP contribution in [0, 0.1) is 0 Å². The molecule has 0 aliphatic heterocycles. The SMILES string of the molecule is CC(NC(=O)c1ccc(-n2cccc2)cc1)c1nn[nH]n1. The van der Waals surface area contributed by atoms with Crippen molar-refractivity contribution in [2.45, 2.75) is 13.0 Å². The molecule has 1 unspecified atom stereocenters. The second-order valence-corrected chi connectivity index (χ2v) is 4.60. The predicted molar refractivity (Wildman–Crippen MR) is 75.8 cm³/mol. The average molecular weight is 282 g/mol. The van der Waals surface area contributed by atoms with Crippen LogP contribution in [-0.4, -0.2) is 31.1 Å². The lowest BCUT2D eigenvalue weighted by Gasteiger charge is -2.10. The van der Waals surface area contributed by atoms with Gasteiger partial charge in [-0.05, 0) is 43.3 Å². The summed E-state index contributed by atoms with van der Waals surface area (Å²) < 4.78 is 1.98.